The molecule has 0 radical (unpaired) electrons. The smallest absolute Gasteiger partial charge is 0.167 e. The number of hydrogen-bond acceptors (Lipinski definition) is 6. The van der Waals surface area contributed by atoms with Gasteiger partial charge < -0.3 is 4.57 Å². The fraction of sp³-hybridized carbons (Fsp3) is 0.400. The molecule has 38 heavy (non-hydrogen) atoms. The zero-order chi connectivity index (χ0) is 26.7. The molecule has 0 amide bonds. The van der Waals surface area contributed by atoms with Crippen molar-refractivity contribution in [3.63, 3.8) is 0 Å². The SMILES string of the molecule is CCCN(CCC)Cc1ccc(CC(=O)c2ccc(CN(Cc3ncn[nH]3)Cc3nccn3C)cc2)cc1. The van der Waals surface area contributed by atoms with E-state index < -0.39 is 0 Å². The van der Waals surface area contributed by atoms with Crippen molar-refractivity contribution in [2.24, 2.45) is 7.05 Å². The van der Waals surface area contributed by atoms with Gasteiger partial charge >= 0.3 is 0 Å². The minimum Gasteiger partial charge on any atom is -0.337 e. The van der Waals surface area contributed by atoms with Crippen LogP contribution in [0.25, 0.3) is 0 Å². The molecule has 4 aromatic rings. The van der Waals surface area contributed by atoms with E-state index in [-0.39, 0.29) is 5.78 Å². The van der Waals surface area contributed by atoms with Gasteiger partial charge in [0.2, 0.25) is 0 Å². The van der Waals surface area contributed by atoms with Crippen LogP contribution in [0.5, 0.6) is 0 Å². The zero-order valence-electron chi connectivity index (χ0n) is 22.8. The van der Waals surface area contributed by atoms with Crippen LogP contribution >= 0.6 is 0 Å². The molecule has 0 atom stereocenters. The lowest BCUT2D eigenvalue weighted by atomic mass is 10.0. The molecule has 0 saturated heterocycles. The predicted octanol–water partition coefficient (Wildman–Crippen LogP) is 4.79. The van der Waals surface area contributed by atoms with Crippen molar-refractivity contribution in [2.45, 2.75) is 59.3 Å². The molecule has 0 unspecified atom stereocenters. The first-order valence-electron chi connectivity index (χ1n) is 13.5. The van der Waals surface area contributed by atoms with E-state index in [1.165, 1.54) is 11.9 Å². The summed E-state index contributed by atoms with van der Waals surface area (Å²) in [5, 5.41) is 6.91. The number of aromatic amines is 1. The van der Waals surface area contributed by atoms with Crippen LogP contribution in [0.15, 0.2) is 67.3 Å². The molecular formula is C30H39N7O. The predicted molar refractivity (Wildman–Crippen MR) is 149 cm³/mol. The van der Waals surface area contributed by atoms with Crippen LogP contribution in [-0.2, 0) is 39.6 Å². The average Bonchev–Trinajstić information content (AvgIpc) is 3.57. The fourth-order valence-electron chi connectivity index (χ4n) is 4.70. The van der Waals surface area contributed by atoms with Crippen LogP contribution in [0.1, 0.15) is 65.4 Å². The summed E-state index contributed by atoms with van der Waals surface area (Å²) in [6.45, 7) is 9.65. The van der Waals surface area contributed by atoms with E-state index in [4.69, 9.17) is 0 Å². The van der Waals surface area contributed by atoms with Crippen LogP contribution in [0.3, 0.4) is 0 Å². The second-order valence-electron chi connectivity index (χ2n) is 9.92. The van der Waals surface area contributed by atoms with E-state index in [1.807, 2.05) is 48.3 Å². The zero-order valence-corrected chi connectivity index (χ0v) is 22.8. The molecule has 0 bridgehead atoms. The maximum atomic E-state index is 13.0. The number of aryl methyl sites for hydroxylation is 1. The number of Topliss-reactive ketones (excluding diaryl/α,β-unsaturated/α-hetero) is 1. The van der Waals surface area contributed by atoms with E-state index in [0.717, 1.165) is 60.8 Å². The second-order valence-corrected chi connectivity index (χ2v) is 9.92. The van der Waals surface area contributed by atoms with E-state index >= 15 is 0 Å². The van der Waals surface area contributed by atoms with Gasteiger partial charge in [-0.25, -0.2) is 9.97 Å². The third-order valence-corrected chi connectivity index (χ3v) is 6.68. The molecule has 200 valence electrons. The van der Waals surface area contributed by atoms with Crippen molar-refractivity contribution in [1.82, 2.24) is 34.5 Å². The van der Waals surface area contributed by atoms with Gasteiger partial charge in [0.15, 0.2) is 5.78 Å². The van der Waals surface area contributed by atoms with Gasteiger partial charge in [0, 0.05) is 44.5 Å². The lowest BCUT2D eigenvalue weighted by Crippen LogP contribution is -2.24. The molecule has 1 N–H and O–H groups in total. The minimum atomic E-state index is 0.134. The fourth-order valence-corrected chi connectivity index (χ4v) is 4.70. The molecule has 0 aliphatic rings. The Bertz CT molecular complexity index is 1240. The van der Waals surface area contributed by atoms with Gasteiger partial charge in [0.25, 0.3) is 0 Å². The first-order chi connectivity index (χ1) is 18.5. The highest BCUT2D eigenvalue weighted by Gasteiger charge is 2.14. The van der Waals surface area contributed by atoms with Gasteiger partial charge in [-0.2, -0.15) is 5.10 Å². The number of hydrogen-bond donors (Lipinski definition) is 1. The van der Waals surface area contributed by atoms with Gasteiger partial charge in [0.1, 0.15) is 18.0 Å². The number of nitrogens with one attached hydrogen (secondary N) is 1. The Balaban J connectivity index is 1.35. The minimum absolute atomic E-state index is 0.134. The molecule has 8 heteroatoms. The first kappa shape index (κ1) is 27.4. The van der Waals surface area contributed by atoms with E-state index in [1.54, 1.807) is 0 Å². The summed E-state index contributed by atoms with van der Waals surface area (Å²) in [6, 6.07) is 16.5. The van der Waals surface area contributed by atoms with Gasteiger partial charge in [0.05, 0.1) is 13.1 Å². The van der Waals surface area contributed by atoms with Crippen LogP contribution in [0.2, 0.25) is 0 Å². The lowest BCUT2D eigenvalue weighted by Gasteiger charge is -2.21. The number of imidazole rings is 1. The monoisotopic (exact) mass is 513 g/mol. The first-order valence-corrected chi connectivity index (χ1v) is 13.5. The highest BCUT2D eigenvalue weighted by atomic mass is 16.1. The summed E-state index contributed by atoms with van der Waals surface area (Å²) in [5.74, 6) is 1.92. The summed E-state index contributed by atoms with van der Waals surface area (Å²) in [6.07, 6.45) is 8.01. The van der Waals surface area contributed by atoms with Crippen LogP contribution in [0, 0.1) is 0 Å². The van der Waals surface area contributed by atoms with Crippen LogP contribution in [-0.4, -0.2) is 53.4 Å². The van der Waals surface area contributed by atoms with Gasteiger partial charge in [-0.05, 0) is 42.6 Å². The second kappa shape index (κ2) is 13.8. The van der Waals surface area contributed by atoms with Crippen LogP contribution in [0.4, 0.5) is 0 Å². The van der Waals surface area contributed by atoms with Crippen molar-refractivity contribution in [3.8, 4) is 0 Å². The number of benzene rings is 2. The van der Waals surface area contributed by atoms with Crippen molar-refractivity contribution in [1.29, 1.82) is 0 Å². The van der Waals surface area contributed by atoms with Gasteiger partial charge in [-0.15, -0.1) is 0 Å². The lowest BCUT2D eigenvalue weighted by molar-refractivity contribution is 0.0993. The molecular weight excluding hydrogens is 474 g/mol. The Kier molecular flexibility index (Phi) is 9.95. The summed E-state index contributed by atoms with van der Waals surface area (Å²) in [7, 11) is 2.00. The molecule has 0 saturated carbocycles. The molecule has 0 fully saturated rings. The Morgan fingerprint density at radius 3 is 2.03 bits per heavy atom. The van der Waals surface area contributed by atoms with Crippen molar-refractivity contribution in [2.75, 3.05) is 13.1 Å². The number of aromatic nitrogens is 5. The molecule has 4 rings (SSSR count). The summed E-state index contributed by atoms with van der Waals surface area (Å²) < 4.78 is 2.02. The molecule has 8 nitrogen and oxygen atoms in total. The third-order valence-electron chi connectivity index (χ3n) is 6.68. The number of rotatable bonds is 15. The summed E-state index contributed by atoms with van der Waals surface area (Å²) in [4.78, 5) is 26.5. The largest absolute Gasteiger partial charge is 0.337 e. The Morgan fingerprint density at radius 2 is 1.45 bits per heavy atom. The molecule has 0 aliphatic heterocycles. The Hall–Kier alpha value is -3.62. The summed E-state index contributed by atoms with van der Waals surface area (Å²) >= 11 is 0. The van der Waals surface area contributed by atoms with Crippen molar-refractivity contribution in [3.05, 3.63) is 101 Å². The highest BCUT2D eigenvalue weighted by molar-refractivity contribution is 5.97. The number of ketones is 1. The average molecular weight is 514 g/mol. The standard InChI is InChI=1S/C30H39N7O/c1-4-15-36(16-5-2)19-25-8-6-24(7-9-25)18-28(38)27-12-10-26(11-13-27)20-37(21-29-32-23-33-34-29)22-30-31-14-17-35(30)3/h6-14,17,23H,4-5,15-16,18-22H2,1-3H3,(H,32,33,34). The number of H-pyrrole nitrogens is 1. The molecule has 2 aromatic carbocycles. The quantitative estimate of drug-likeness (QED) is 0.230. The number of carbonyl (C=O) groups excluding carboxylic acids is 1. The normalized spacial score (nSPS) is 11.5. The Morgan fingerprint density at radius 1 is 0.816 bits per heavy atom. The highest BCUT2D eigenvalue weighted by Crippen LogP contribution is 2.15. The number of nitrogens with zero attached hydrogens (tertiary/aromatic N) is 6. The molecule has 2 aromatic heterocycles. The topological polar surface area (TPSA) is 82.9 Å². The molecule has 0 aliphatic carbocycles. The van der Waals surface area contributed by atoms with Crippen molar-refractivity contribution >= 4 is 5.78 Å². The molecule has 0 spiro atoms. The number of carbonyl (C=O) groups is 1. The summed E-state index contributed by atoms with van der Waals surface area (Å²) in [5.41, 5.74) is 4.21. The maximum absolute atomic E-state index is 13.0. The van der Waals surface area contributed by atoms with Crippen LogP contribution < -0.4 is 0 Å². The third kappa shape index (κ3) is 7.94. The Labute approximate surface area is 225 Å². The van der Waals surface area contributed by atoms with Gasteiger partial charge in [-0.3, -0.25) is 19.7 Å². The van der Waals surface area contributed by atoms with E-state index in [9.17, 15) is 4.79 Å². The van der Waals surface area contributed by atoms with Gasteiger partial charge in [-0.1, -0.05) is 62.4 Å². The van der Waals surface area contributed by atoms with Crippen molar-refractivity contribution < 1.29 is 4.79 Å². The van der Waals surface area contributed by atoms with E-state index in [0.29, 0.717) is 26.1 Å². The van der Waals surface area contributed by atoms with E-state index in [2.05, 4.69) is 68.1 Å². The molecule has 2 heterocycles. The maximum Gasteiger partial charge on any atom is 0.167 e.